The summed E-state index contributed by atoms with van der Waals surface area (Å²) in [5.41, 5.74) is 3.38. The maximum absolute atomic E-state index is 13.0. The minimum atomic E-state index is -3.55. The van der Waals surface area contributed by atoms with Crippen molar-refractivity contribution >= 4 is 15.9 Å². The molecule has 0 saturated heterocycles. The number of carbonyl (C=O) groups is 1. The van der Waals surface area contributed by atoms with Crippen LogP contribution in [0.2, 0.25) is 0 Å². The zero-order valence-electron chi connectivity index (χ0n) is 15.9. The molecule has 1 aromatic carbocycles. The highest BCUT2D eigenvalue weighted by Crippen LogP contribution is 2.31. The first-order chi connectivity index (χ1) is 12.7. The minimum Gasteiger partial charge on any atom is -0.496 e. The van der Waals surface area contributed by atoms with Crippen LogP contribution in [0.5, 0.6) is 5.75 Å². The molecule has 1 aliphatic heterocycles. The molecule has 0 aliphatic carbocycles. The standard InChI is InChI=1S/C18H24N4O4S/c1-12-5-6-16(26-3)13(9-12)10-19-18(23)17-14-11-20-21(2)15(14)7-8-22(17)27(4,24)25/h5-6,9,11,17H,7-8,10H2,1-4H3,(H,19,23). The molecular weight excluding hydrogens is 368 g/mol. The Morgan fingerprint density at radius 1 is 1.41 bits per heavy atom. The summed E-state index contributed by atoms with van der Waals surface area (Å²) in [7, 11) is -0.178. The molecule has 2 heterocycles. The molecule has 9 heteroatoms. The maximum atomic E-state index is 13.0. The van der Waals surface area contributed by atoms with Gasteiger partial charge in [0.2, 0.25) is 15.9 Å². The van der Waals surface area contributed by atoms with Crippen LogP contribution in [0.25, 0.3) is 0 Å². The van der Waals surface area contributed by atoms with Crippen molar-refractivity contribution in [2.75, 3.05) is 19.9 Å². The zero-order valence-corrected chi connectivity index (χ0v) is 16.7. The second kappa shape index (κ2) is 7.32. The predicted molar refractivity (Wildman–Crippen MR) is 101 cm³/mol. The molecule has 1 aromatic heterocycles. The highest BCUT2D eigenvalue weighted by molar-refractivity contribution is 7.88. The molecule has 0 bridgehead atoms. The zero-order chi connectivity index (χ0) is 19.8. The minimum absolute atomic E-state index is 0.243. The molecule has 0 fully saturated rings. The molecule has 0 radical (unpaired) electrons. The summed E-state index contributed by atoms with van der Waals surface area (Å²) < 4.78 is 32.7. The van der Waals surface area contributed by atoms with Crippen molar-refractivity contribution in [3.63, 3.8) is 0 Å². The van der Waals surface area contributed by atoms with Gasteiger partial charge in [0.15, 0.2) is 0 Å². The van der Waals surface area contributed by atoms with Crippen LogP contribution in [0, 0.1) is 6.92 Å². The molecule has 1 unspecified atom stereocenters. The maximum Gasteiger partial charge on any atom is 0.243 e. The Hall–Kier alpha value is -2.39. The number of rotatable bonds is 5. The van der Waals surface area contributed by atoms with E-state index in [0.29, 0.717) is 17.7 Å². The average Bonchev–Trinajstić information content (AvgIpc) is 2.99. The molecule has 3 rings (SSSR count). The summed E-state index contributed by atoms with van der Waals surface area (Å²) in [4.78, 5) is 13.0. The third-order valence-electron chi connectivity index (χ3n) is 4.81. The molecule has 1 amide bonds. The molecule has 1 aliphatic rings. The highest BCUT2D eigenvalue weighted by Gasteiger charge is 2.39. The number of aromatic nitrogens is 2. The molecule has 1 N–H and O–H groups in total. The molecule has 0 saturated carbocycles. The first-order valence-electron chi connectivity index (χ1n) is 8.61. The monoisotopic (exact) mass is 392 g/mol. The van der Waals surface area contributed by atoms with Crippen LogP contribution in [0.3, 0.4) is 0 Å². The fourth-order valence-electron chi connectivity index (χ4n) is 3.47. The number of nitrogens with one attached hydrogen (secondary N) is 1. The molecular formula is C18H24N4O4S. The van der Waals surface area contributed by atoms with Gasteiger partial charge in [0.25, 0.3) is 0 Å². The number of fused-ring (bicyclic) bond motifs is 1. The van der Waals surface area contributed by atoms with E-state index in [2.05, 4.69) is 10.4 Å². The fourth-order valence-corrected chi connectivity index (χ4v) is 4.48. The summed E-state index contributed by atoms with van der Waals surface area (Å²) in [6, 6.07) is 4.79. The normalized spacial score (nSPS) is 17.4. The van der Waals surface area contributed by atoms with E-state index in [9.17, 15) is 13.2 Å². The third-order valence-corrected chi connectivity index (χ3v) is 6.05. The number of hydrogen-bond acceptors (Lipinski definition) is 5. The third kappa shape index (κ3) is 3.84. The van der Waals surface area contributed by atoms with E-state index in [0.717, 1.165) is 23.1 Å². The molecule has 27 heavy (non-hydrogen) atoms. The van der Waals surface area contributed by atoms with Crippen LogP contribution in [0.15, 0.2) is 24.4 Å². The number of carbonyl (C=O) groups excluding carboxylic acids is 1. The van der Waals surface area contributed by atoms with Crippen LogP contribution < -0.4 is 10.1 Å². The lowest BCUT2D eigenvalue weighted by Crippen LogP contribution is -2.46. The van der Waals surface area contributed by atoms with Gasteiger partial charge in [0, 0.05) is 43.4 Å². The summed E-state index contributed by atoms with van der Waals surface area (Å²) >= 11 is 0. The Labute approximate surface area is 159 Å². The van der Waals surface area contributed by atoms with Gasteiger partial charge >= 0.3 is 0 Å². The van der Waals surface area contributed by atoms with Gasteiger partial charge in [-0.2, -0.15) is 9.40 Å². The van der Waals surface area contributed by atoms with Crippen molar-refractivity contribution in [2.24, 2.45) is 7.05 Å². The van der Waals surface area contributed by atoms with E-state index in [1.165, 1.54) is 4.31 Å². The second-order valence-electron chi connectivity index (χ2n) is 6.73. The van der Waals surface area contributed by atoms with E-state index < -0.39 is 16.1 Å². The van der Waals surface area contributed by atoms with E-state index >= 15 is 0 Å². The fraction of sp³-hybridized carbons (Fsp3) is 0.444. The first-order valence-corrected chi connectivity index (χ1v) is 10.5. The predicted octanol–water partition coefficient (Wildman–Crippen LogP) is 0.912. The van der Waals surface area contributed by atoms with E-state index in [-0.39, 0.29) is 19.0 Å². The SMILES string of the molecule is COc1ccc(C)cc1CNC(=O)C1c2cnn(C)c2CCN1S(C)(=O)=O. The Balaban J connectivity index is 1.88. The molecule has 8 nitrogen and oxygen atoms in total. The lowest BCUT2D eigenvalue weighted by molar-refractivity contribution is -0.125. The second-order valence-corrected chi connectivity index (χ2v) is 8.66. The van der Waals surface area contributed by atoms with Gasteiger partial charge in [-0.1, -0.05) is 17.7 Å². The lowest BCUT2D eigenvalue weighted by Gasteiger charge is -2.32. The van der Waals surface area contributed by atoms with Gasteiger partial charge in [0.1, 0.15) is 11.8 Å². The van der Waals surface area contributed by atoms with E-state index in [1.54, 1.807) is 25.0 Å². The summed E-state index contributed by atoms with van der Waals surface area (Å²) in [5.74, 6) is 0.296. The Morgan fingerprint density at radius 3 is 2.81 bits per heavy atom. The summed E-state index contributed by atoms with van der Waals surface area (Å²) in [5, 5.41) is 7.06. The number of hydrogen-bond donors (Lipinski definition) is 1. The van der Waals surface area contributed by atoms with Gasteiger partial charge in [-0.15, -0.1) is 0 Å². The first kappa shape index (κ1) is 19.4. The molecule has 1 atom stereocenters. The van der Waals surface area contributed by atoms with Gasteiger partial charge in [-0.3, -0.25) is 9.48 Å². The van der Waals surface area contributed by atoms with Gasteiger partial charge in [0.05, 0.1) is 19.6 Å². The largest absolute Gasteiger partial charge is 0.496 e. The van der Waals surface area contributed by atoms with Crippen LogP contribution in [0.1, 0.15) is 28.4 Å². The van der Waals surface area contributed by atoms with Gasteiger partial charge < -0.3 is 10.1 Å². The van der Waals surface area contributed by atoms with Crippen molar-refractivity contribution in [1.82, 2.24) is 19.4 Å². The Morgan fingerprint density at radius 2 is 2.15 bits per heavy atom. The summed E-state index contributed by atoms with van der Waals surface area (Å²) in [6.07, 6.45) is 3.22. The van der Waals surface area contributed by atoms with Crippen molar-refractivity contribution in [3.8, 4) is 5.75 Å². The van der Waals surface area contributed by atoms with Crippen molar-refractivity contribution in [3.05, 3.63) is 46.8 Å². The van der Waals surface area contributed by atoms with Crippen molar-refractivity contribution < 1.29 is 17.9 Å². The number of sulfonamides is 1. The molecule has 2 aromatic rings. The molecule has 146 valence electrons. The number of methoxy groups -OCH3 is 1. The summed E-state index contributed by atoms with van der Waals surface area (Å²) in [6.45, 7) is 2.45. The lowest BCUT2D eigenvalue weighted by atomic mass is 10.0. The Bertz CT molecular complexity index is 968. The van der Waals surface area contributed by atoms with Gasteiger partial charge in [-0.25, -0.2) is 8.42 Å². The average molecular weight is 392 g/mol. The number of ether oxygens (including phenoxy) is 1. The molecule has 0 spiro atoms. The topological polar surface area (TPSA) is 93.5 Å². The van der Waals surface area contributed by atoms with Crippen molar-refractivity contribution in [1.29, 1.82) is 0 Å². The Kier molecular flexibility index (Phi) is 5.25. The number of benzene rings is 1. The highest BCUT2D eigenvalue weighted by atomic mass is 32.2. The smallest absolute Gasteiger partial charge is 0.243 e. The van der Waals surface area contributed by atoms with Crippen LogP contribution >= 0.6 is 0 Å². The number of nitrogens with zero attached hydrogens (tertiary/aromatic N) is 3. The number of aryl methyl sites for hydroxylation is 2. The van der Waals surface area contributed by atoms with E-state index in [4.69, 9.17) is 4.74 Å². The van der Waals surface area contributed by atoms with Crippen molar-refractivity contribution in [2.45, 2.75) is 25.9 Å². The van der Waals surface area contributed by atoms with Gasteiger partial charge in [-0.05, 0) is 13.0 Å². The quantitative estimate of drug-likeness (QED) is 0.816. The number of amides is 1. The van der Waals surface area contributed by atoms with Crippen LogP contribution in [-0.2, 0) is 34.8 Å². The van der Waals surface area contributed by atoms with Crippen LogP contribution in [-0.4, -0.2) is 48.3 Å². The van der Waals surface area contributed by atoms with E-state index in [1.807, 2.05) is 25.1 Å². The van der Waals surface area contributed by atoms with Crippen LogP contribution in [0.4, 0.5) is 0 Å².